The van der Waals surface area contributed by atoms with Crippen LogP contribution in [0.25, 0.3) is 17.1 Å². The van der Waals surface area contributed by atoms with Gasteiger partial charge in [0.05, 0.1) is 30.5 Å². The van der Waals surface area contributed by atoms with Gasteiger partial charge < -0.3 is 14.6 Å². The normalized spacial score (nSPS) is 10.9. The number of imidazole rings is 1. The number of aromatic nitrogens is 5. The average molecular weight is 392 g/mol. The van der Waals surface area contributed by atoms with E-state index in [-0.39, 0.29) is 5.82 Å². The number of halogens is 1. The van der Waals surface area contributed by atoms with E-state index in [1.54, 1.807) is 37.3 Å². The summed E-state index contributed by atoms with van der Waals surface area (Å²) < 4.78 is 23.1. The maximum atomic E-state index is 14.1. The molecule has 0 saturated carbocycles. The van der Waals surface area contributed by atoms with Gasteiger partial charge in [0.25, 0.3) is 0 Å². The maximum Gasteiger partial charge on any atom is 0.226 e. The number of nitrogens with one attached hydrogen (secondary N) is 1. The van der Waals surface area contributed by atoms with Gasteiger partial charge in [0.1, 0.15) is 11.6 Å². The topological polar surface area (TPSA) is 69.8 Å². The summed E-state index contributed by atoms with van der Waals surface area (Å²) in [5.41, 5.74) is 3.88. The van der Waals surface area contributed by atoms with Gasteiger partial charge in [-0.15, -0.1) is 5.10 Å². The van der Waals surface area contributed by atoms with Crippen molar-refractivity contribution < 1.29 is 9.13 Å². The third-order valence-electron chi connectivity index (χ3n) is 4.56. The Morgan fingerprint density at radius 2 is 1.93 bits per heavy atom. The van der Waals surface area contributed by atoms with Crippen LogP contribution in [-0.4, -0.2) is 31.4 Å². The lowest BCUT2D eigenvalue weighted by atomic mass is 10.1. The zero-order valence-corrected chi connectivity index (χ0v) is 16.6. The number of rotatable bonds is 5. The summed E-state index contributed by atoms with van der Waals surface area (Å²) >= 11 is 0. The lowest BCUT2D eigenvalue weighted by molar-refractivity contribution is 0.413. The number of aryl methyl sites for hydroxylation is 3. The minimum absolute atomic E-state index is 0.346. The van der Waals surface area contributed by atoms with Gasteiger partial charge in [-0.3, -0.25) is 0 Å². The van der Waals surface area contributed by atoms with Crippen molar-refractivity contribution in [3.8, 4) is 22.8 Å². The lowest BCUT2D eigenvalue weighted by Gasteiger charge is -2.10. The van der Waals surface area contributed by atoms with E-state index in [1.807, 2.05) is 42.8 Å². The summed E-state index contributed by atoms with van der Waals surface area (Å²) in [7, 11) is 3.37. The monoisotopic (exact) mass is 392 g/mol. The van der Waals surface area contributed by atoms with Crippen LogP contribution in [0.4, 0.5) is 16.0 Å². The zero-order valence-electron chi connectivity index (χ0n) is 16.6. The number of anilines is 2. The van der Waals surface area contributed by atoms with E-state index >= 15 is 0 Å². The predicted octanol–water partition coefficient (Wildman–Crippen LogP) is 4.18. The molecule has 2 heterocycles. The van der Waals surface area contributed by atoms with Gasteiger partial charge in [-0.05, 0) is 49.7 Å². The minimum atomic E-state index is -0.346. The van der Waals surface area contributed by atoms with E-state index in [0.717, 1.165) is 22.5 Å². The SMILES string of the molecule is COc1cc(-c2nc(Nc3cc(C)ccc3F)n(C)n2)ccc1-n1cnc(C)c1. The van der Waals surface area contributed by atoms with Crippen molar-refractivity contribution in [3.63, 3.8) is 0 Å². The first-order chi connectivity index (χ1) is 13.9. The van der Waals surface area contributed by atoms with Gasteiger partial charge >= 0.3 is 0 Å². The van der Waals surface area contributed by atoms with Gasteiger partial charge in [-0.25, -0.2) is 14.1 Å². The van der Waals surface area contributed by atoms with E-state index < -0.39 is 0 Å². The van der Waals surface area contributed by atoms with Crippen LogP contribution in [0.3, 0.4) is 0 Å². The van der Waals surface area contributed by atoms with Crippen molar-refractivity contribution in [1.82, 2.24) is 24.3 Å². The third-order valence-corrected chi connectivity index (χ3v) is 4.56. The number of benzene rings is 2. The predicted molar refractivity (Wildman–Crippen MR) is 109 cm³/mol. The summed E-state index contributed by atoms with van der Waals surface area (Å²) in [5.74, 6) is 1.28. The zero-order chi connectivity index (χ0) is 20.5. The Morgan fingerprint density at radius 3 is 2.66 bits per heavy atom. The fourth-order valence-electron chi connectivity index (χ4n) is 3.05. The molecule has 0 atom stereocenters. The Balaban J connectivity index is 1.67. The number of ether oxygens (including phenoxy) is 1. The number of nitrogens with zero attached hydrogens (tertiary/aromatic N) is 5. The molecule has 0 unspecified atom stereocenters. The summed E-state index contributed by atoms with van der Waals surface area (Å²) in [6.07, 6.45) is 3.67. The summed E-state index contributed by atoms with van der Waals surface area (Å²) in [4.78, 5) is 8.78. The fourth-order valence-corrected chi connectivity index (χ4v) is 3.05. The second-order valence-electron chi connectivity index (χ2n) is 6.80. The van der Waals surface area contributed by atoms with Gasteiger partial charge in [-0.2, -0.15) is 4.98 Å². The van der Waals surface area contributed by atoms with E-state index in [2.05, 4.69) is 20.4 Å². The quantitative estimate of drug-likeness (QED) is 0.552. The van der Waals surface area contributed by atoms with E-state index in [9.17, 15) is 4.39 Å². The lowest BCUT2D eigenvalue weighted by Crippen LogP contribution is -2.02. The first-order valence-corrected chi connectivity index (χ1v) is 9.08. The highest BCUT2D eigenvalue weighted by atomic mass is 19.1. The molecule has 0 aliphatic carbocycles. The Bertz CT molecular complexity index is 1180. The molecule has 0 aliphatic rings. The molecule has 0 bridgehead atoms. The van der Waals surface area contributed by atoms with Crippen LogP contribution >= 0.6 is 0 Å². The van der Waals surface area contributed by atoms with Crippen molar-refractivity contribution in [2.45, 2.75) is 13.8 Å². The first kappa shape index (κ1) is 18.7. The third kappa shape index (κ3) is 3.69. The molecular formula is C21H21FN6O. The van der Waals surface area contributed by atoms with Gasteiger partial charge in [0.15, 0.2) is 5.82 Å². The number of hydrogen-bond donors (Lipinski definition) is 1. The molecule has 7 nitrogen and oxygen atoms in total. The molecule has 0 radical (unpaired) electrons. The molecule has 2 aromatic heterocycles. The summed E-state index contributed by atoms with van der Waals surface area (Å²) in [6, 6.07) is 10.6. The van der Waals surface area contributed by atoms with Crippen LogP contribution in [0.15, 0.2) is 48.9 Å². The van der Waals surface area contributed by atoms with Crippen molar-refractivity contribution >= 4 is 11.6 Å². The van der Waals surface area contributed by atoms with Crippen LogP contribution in [0, 0.1) is 19.7 Å². The van der Waals surface area contributed by atoms with Crippen molar-refractivity contribution in [1.29, 1.82) is 0 Å². The van der Waals surface area contributed by atoms with Gasteiger partial charge in [-0.1, -0.05) is 6.07 Å². The summed E-state index contributed by atoms with van der Waals surface area (Å²) in [5, 5.41) is 7.47. The fraction of sp³-hybridized carbons (Fsp3) is 0.190. The highest BCUT2D eigenvalue weighted by molar-refractivity contribution is 5.65. The Kier molecular flexibility index (Phi) is 4.75. The van der Waals surface area contributed by atoms with E-state index in [1.165, 1.54) is 6.07 Å². The van der Waals surface area contributed by atoms with Crippen LogP contribution in [0.5, 0.6) is 5.75 Å². The number of hydrogen-bond acceptors (Lipinski definition) is 5. The van der Waals surface area contributed by atoms with Crippen LogP contribution in [0.1, 0.15) is 11.3 Å². The molecule has 2 aromatic carbocycles. The smallest absolute Gasteiger partial charge is 0.226 e. The molecule has 4 rings (SSSR count). The Labute approximate surface area is 167 Å². The standard InChI is InChI=1S/C21H21FN6O/c1-13-5-7-16(22)17(9-13)24-21-25-20(26-27(21)3)15-6-8-18(19(10-15)29-4)28-11-14(2)23-12-28/h5-12H,1-4H3,(H,24,25,26). The molecule has 0 spiro atoms. The largest absolute Gasteiger partial charge is 0.495 e. The molecular weight excluding hydrogens is 371 g/mol. The number of methoxy groups -OCH3 is 1. The highest BCUT2D eigenvalue weighted by Gasteiger charge is 2.14. The Hall–Kier alpha value is -3.68. The Morgan fingerprint density at radius 1 is 1.10 bits per heavy atom. The molecule has 4 aromatic rings. The van der Waals surface area contributed by atoms with Gasteiger partial charge in [0.2, 0.25) is 5.95 Å². The van der Waals surface area contributed by atoms with Gasteiger partial charge in [0, 0.05) is 18.8 Å². The minimum Gasteiger partial charge on any atom is -0.495 e. The van der Waals surface area contributed by atoms with Crippen molar-refractivity contribution in [2.24, 2.45) is 7.05 Å². The molecule has 0 aliphatic heterocycles. The molecule has 0 saturated heterocycles. The van der Waals surface area contributed by atoms with Crippen LogP contribution in [0.2, 0.25) is 0 Å². The average Bonchev–Trinajstić information content (AvgIpc) is 3.30. The molecule has 0 amide bonds. The molecule has 8 heteroatoms. The molecule has 1 N–H and O–H groups in total. The van der Waals surface area contributed by atoms with Crippen molar-refractivity contribution in [2.75, 3.05) is 12.4 Å². The van der Waals surface area contributed by atoms with Crippen LogP contribution in [-0.2, 0) is 7.05 Å². The summed E-state index contributed by atoms with van der Waals surface area (Å²) in [6.45, 7) is 3.84. The van der Waals surface area contributed by atoms with E-state index in [4.69, 9.17) is 4.74 Å². The molecule has 29 heavy (non-hydrogen) atoms. The van der Waals surface area contributed by atoms with Crippen molar-refractivity contribution in [3.05, 3.63) is 66.0 Å². The molecule has 148 valence electrons. The first-order valence-electron chi connectivity index (χ1n) is 9.08. The second-order valence-corrected chi connectivity index (χ2v) is 6.80. The van der Waals surface area contributed by atoms with Crippen LogP contribution < -0.4 is 10.1 Å². The molecule has 0 fully saturated rings. The maximum absolute atomic E-state index is 14.1. The highest BCUT2D eigenvalue weighted by Crippen LogP contribution is 2.29. The second kappa shape index (κ2) is 7.38. The van der Waals surface area contributed by atoms with E-state index in [0.29, 0.717) is 23.2 Å².